The molecule has 76 valence electrons. The maximum Gasteiger partial charge on any atom is 0.0252 e. The van der Waals surface area contributed by atoms with Crippen molar-refractivity contribution >= 4 is 0 Å². The fourth-order valence-electron chi connectivity index (χ4n) is 2.63. The molecule has 0 amide bonds. The Kier molecular flexibility index (Phi) is 2.61. The van der Waals surface area contributed by atoms with Gasteiger partial charge < -0.3 is 5.32 Å². The highest BCUT2D eigenvalue weighted by molar-refractivity contribution is 4.92. The first-order valence-electron chi connectivity index (χ1n) is 5.66. The van der Waals surface area contributed by atoms with E-state index in [0.29, 0.717) is 5.54 Å². The zero-order valence-electron chi connectivity index (χ0n) is 8.97. The van der Waals surface area contributed by atoms with Gasteiger partial charge in [-0.2, -0.15) is 0 Å². The van der Waals surface area contributed by atoms with Gasteiger partial charge in [0.15, 0.2) is 0 Å². The van der Waals surface area contributed by atoms with Gasteiger partial charge in [0.25, 0.3) is 0 Å². The number of nitrogens with one attached hydrogen (secondary N) is 1. The van der Waals surface area contributed by atoms with Gasteiger partial charge in [-0.05, 0) is 33.2 Å². The van der Waals surface area contributed by atoms with Gasteiger partial charge in [0.05, 0.1) is 0 Å². The Morgan fingerprint density at radius 1 is 1.23 bits per heavy atom. The quantitative estimate of drug-likeness (QED) is 0.612. The molecule has 13 heavy (non-hydrogen) atoms. The molecule has 0 bridgehead atoms. The van der Waals surface area contributed by atoms with Crippen molar-refractivity contribution in [1.82, 2.24) is 10.2 Å². The molecule has 0 radical (unpaired) electrons. The maximum atomic E-state index is 3.64. The molecule has 0 aromatic carbocycles. The van der Waals surface area contributed by atoms with Crippen molar-refractivity contribution in [2.75, 3.05) is 19.6 Å². The van der Waals surface area contributed by atoms with Crippen LogP contribution in [0.2, 0.25) is 0 Å². The van der Waals surface area contributed by atoms with Gasteiger partial charge in [-0.15, -0.1) is 0 Å². The van der Waals surface area contributed by atoms with E-state index in [-0.39, 0.29) is 0 Å². The number of hydrogen-bond donors (Lipinski definition) is 1. The second-order valence-corrected chi connectivity index (χ2v) is 5.24. The lowest BCUT2D eigenvalue weighted by molar-refractivity contribution is 0.0980. The molecule has 2 aliphatic rings. The minimum Gasteiger partial charge on any atom is -0.309 e. The summed E-state index contributed by atoms with van der Waals surface area (Å²) < 4.78 is 0. The zero-order valence-corrected chi connectivity index (χ0v) is 8.97. The molecule has 2 nitrogen and oxygen atoms in total. The predicted octanol–water partition coefficient (Wildman–Crippen LogP) is 1.61. The van der Waals surface area contributed by atoms with Crippen molar-refractivity contribution in [2.24, 2.45) is 0 Å². The van der Waals surface area contributed by atoms with Crippen molar-refractivity contribution < 1.29 is 0 Å². The Hall–Kier alpha value is -0.0800. The monoisotopic (exact) mass is 182 g/mol. The molecule has 0 saturated carbocycles. The molecule has 2 fully saturated rings. The Morgan fingerprint density at radius 2 is 2.08 bits per heavy atom. The Balaban J connectivity index is 2.00. The summed E-state index contributed by atoms with van der Waals surface area (Å²) >= 11 is 0. The third-order valence-corrected chi connectivity index (χ3v) is 3.41. The summed E-state index contributed by atoms with van der Waals surface area (Å²) in [6, 6.07) is 0.829. The van der Waals surface area contributed by atoms with Crippen molar-refractivity contribution in [1.29, 1.82) is 0 Å². The molecular formula is C11H22N2. The molecule has 0 aromatic rings. The second kappa shape index (κ2) is 3.58. The lowest BCUT2D eigenvalue weighted by Gasteiger charge is -2.44. The third-order valence-electron chi connectivity index (χ3n) is 3.41. The SMILES string of the molecule is CC1(C)CN2CCCCCC2CN1. The van der Waals surface area contributed by atoms with E-state index in [0.717, 1.165) is 6.04 Å². The highest BCUT2D eigenvalue weighted by atomic mass is 15.2. The van der Waals surface area contributed by atoms with Gasteiger partial charge in [-0.25, -0.2) is 0 Å². The summed E-state index contributed by atoms with van der Waals surface area (Å²) in [5.74, 6) is 0. The van der Waals surface area contributed by atoms with Crippen molar-refractivity contribution in [2.45, 2.75) is 51.1 Å². The van der Waals surface area contributed by atoms with E-state index in [1.807, 2.05) is 0 Å². The molecule has 1 atom stereocenters. The molecule has 2 aliphatic heterocycles. The average Bonchev–Trinajstić information content (AvgIpc) is 2.27. The van der Waals surface area contributed by atoms with Crippen LogP contribution in [0.5, 0.6) is 0 Å². The summed E-state index contributed by atoms with van der Waals surface area (Å²) in [6.45, 7) is 8.39. The van der Waals surface area contributed by atoms with Crippen molar-refractivity contribution in [3.8, 4) is 0 Å². The summed E-state index contributed by atoms with van der Waals surface area (Å²) in [6.07, 6.45) is 5.69. The van der Waals surface area contributed by atoms with E-state index in [1.165, 1.54) is 45.3 Å². The van der Waals surface area contributed by atoms with Crippen LogP contribution in [0, 0.1) is 0 Å². The van der Waals surface area contributed by atoms with Crippen LogP contribution >= 0.6 is 0 Å². The van der Waals surface area contributed by atoms with Crippen LogP contribution in [-0.4, -0.2) is 36.1 Å². The van der Waals surface area contributed by atoms with Crippen molar-refractivity contribution in [3.63, 3.8) is 0 Å². The molecule has 0 aromatic heterocycles. The molecule has 1 unspecified atom stereocenters. The number of piperazine rings is 1. The summed E-state index contributed by atoms with van der Waals surface area (Å²) in [5, 5.41) is 3.64. The Morgan fingerprint density at radius 3 is 2.92 bits per heavy atom. The predicted molar refractivity (Wildman–Crippen MR) is 55.9 cm³/mol. The maximum absolute atomic E-state index is 3.64. The normalized spacial score (nSPS) is 35.1. The van der Waals surface area contributed by atoms with Crippen LogP contribution in [0.1, 0.15) is 39.5 Å². The van der Waals surface area contributed by atoms with Gasteiger partial charge in [-0.3, -0.25) is 4.90 Å². The van der Waals surface area contributed by atoms with Gasteiger partial charge in [-0.1, -0.05) is 12.8 Å². The molecule has 2 heteroatoms. The molecule has 2 rings (SSSR count). The standard InChI is InChI=1S/C11H22N2/c1-11(2)9-13-7-5-3-4-6-10(13)8-12-11/h10,12H,3-9H2,1-2H3. The average molecular weight is 182 g/mol. The fraction of sp³-hybridized carbons (Fsp3) is 1.00. The lowest BCUT2D eigenvalue weighted by Crippen LogP contribution is -2.61. The summed E-state index contributed by atoms with van der Waals surface area (Å²) in [5.41, 5.74) is 0.334. The number of nitrogens with zero attached hydrogens (tertiary/aromatic N) is 1. The minimum absolute atomic E-state index is 0.334. The smallest absolute Gasteiger partial charge is 0.0252 e. The molecule has 0 aliphatic carbocycles. The minimum atomic E-state index is 0.334. The van der Waals surface area contributed by atoms with Crippen molar-refractivity contribution in [3.05, 3.63) is 0 Å². The van der Waals surface area contributed by atoms with E-state index in [2.05, 4.69) is 24.1 Å². The molecule has 1 N–H and O–H groups in total. The summed E-state index contributed by atoms with van der Waals surface area (Å²) in [7, 11) is 0. The first-order chi connectivity index (χ1) is 6.17. The topological polar surface area (TPSA) is 15.3 Å². The summed E-state index contributed by atoms with van der Waals surface area (Å²) in [4.78, 5) is 2.70. The largest absolute Gasteiger partial charge is 0.309 e. The van der Waals surface area contributed by atoms with Crippen LogP contribution in [0.3, 0.4) is 0 Å². The second-order valence-electron chi connectivity index (χ2n) is 5.24. The van der Waals surface area contributed by atoms with Gasteiger partial charge >= 0.3 is 0 Å². The Bertz CT molecular complexity index is 177. The van der Waals surface area contributed by atoms with Crippen LogP contribution in [-0.2, 0) is 0 Å². The first kappa shape index (κ1) is 9.47. The van der Waals surface area contributed by atoms with Crippen LogP contribution in [0.25, 0.3) is 0 Å². The molecule has 0 spiro atoms. The third kappa shape index (κ3) is 2.23. The highest BCUT2D eigenvalue weighted by Gasteiger charge is 2.32. The van der Waals surface area contributed by atoms with E-state index >= 15 is 0 Å². The molecule has 2 heterocycles. The number of hydrogen-bond acceptors (Lipinski definition) is 2. The van der Waals surface area contributed by atoms with Crippen LogP contribution < -0.4 is 5.32 Å². The molecular weight excluding hydrogens is 160 g/mol. The lowest BCUT2D eigenvalue weighted by atomic mass is 9.97. The number of rotatable bonds is 0. The Labute approximate surface area is 81.7 Å². The van der Waals surface area contributed by atoms with E-state index in [9.17, 15) is 0 Å². The van der Waals surface area contributed by atoms with Crippen LogP contribution in [0.15, 0.2) is 0 Å². The first-order valence-corrected chi connectivity index (χ1v) is 5.66. The fourth-order valence-corrected chi connectivity index (χ4v) is 2.63. The zero-order chi connectivity index (χ0) is 9.31. The van der Waals surface area contributed by atoms with Gasteiger partial charge in [0.1, 0.15) is 0 Å². The van der Waals surface area contributed by atoms with Gasteiger partial charge in [0, 0.05) is 24.7 Å². The number of fused-ring (bicyclic) bond motifs is 1. The molecule has 2 saturated heterocycles. The van der Waals surface area contributed by atoms with Gasteiger partial charge in [0.2, 0.25) is 0 Å². The van der Waals surface area contributed by atoms with E-state index in [1.54, 1.807) is 0 Å². The van der Waals surface area contributed by atoms with E-state index in [4.69, 9.17) is 0 Å². The van der Waals surface area contributed by atoms with E-state index < -0.39 is 0 Å². The van der Waals surface area contributed by atoms with Crippen LogP contribution in [0.4, 0.5) is 0 Å². The highest BCUT2D eigenvalue weighted by Crippen LogP contribution is 2.22.